The van der Waals surface area contributed by atoms with Crippen molar-refractivity contribution in [1.29, 1.82) is 0 Å². The van der Waals surface area contributed by atoms with E-state index in [0.717, 1.165) is 37.2 Å². The first kappa shape index (κ1) is 22.3. The molecule has 0 aliphatic carbocycles. The maximum Gasteiger partial charge on any atom is 0.241 e. The van der Waals surface area contributed by atoms with Crippen LogP contribution in [-0.2, 0) is 14.8 Å². The molecule has 0 saturated carbocycles. The number of hydrogen-bond donors (Lipinski definition) is 3. The first-order valence-electron chi connectivity index (χ1n) is 10.6. The smallest absolute Gasteiger partial charge is 0.241 e. The van der Waals surface area contributed by atoms with Crippen molar-refractivity contribution >= 4 is 32.5 Å². The number of carbonyl (C=O) groups excluding carboxylic acids is 1. The van der Waals surface area contributed by atoms with Gasteiger partial charge in [0.1, 0.15) is 5.75 Å². The number of benzene rings is 2. The van der Waals surface area contributed by atoms with Crippen molar-refractivity contribution in [1.82, 2.24) is 9.88 Å². The van der Waals surface area contributed by atoms with Crippen molar-refractivity contribution in [2.45, 2.75) is 36.6 Å². The molecular weight excluding hydrogens is 428 g/mol. The van der Waals surface area contributed by atoms with Gasteiger partial charge in [0.15, 0.2) is 0 Å². The minimum absolute atomic E-state index is 0.0144. The number of aromatic amines is 1. The van der Waals surface area contributed by atoms with Crippen LogP contribution in [0.15, 0.2) is 53.6 Å². The fraction of sp³-hybridized carbons (Fsp3) is 0.348. The van der Waals surface area contributed by atoms with Crippen molar-refractivity contribution in [2.24, 2.45) is 5.14 Å². The second-order valence-corrected chi connectivity index (χ2v) is 9.76. The van der Waals surface area contributed by atoms with E-state index in [0.29, 0.717) is 11.6 Å². The zero-order chi connectivity index (χ0) is 22.9. The zero-order valence-corrected chi connectivity index (χ0v) is 19.0. The van der Waals surface area contributed by atoms with Crippen molar-refractivity contribution in [3.63, 3.8) is 0 Å². The molecule has 1 saturated heterocycles. The normalized spacial score (nSPS) is 16.7. The Balaban J connectivity index is 1.37. The van der Waals surface area contributed by atoms with Crippen molar-refractivity contribution in [3.8, 4) is 5.75 Å². The summed E-state index contributed by atoms with van der Waals surface area (Å²) in [5.41, 5.74) is 2.94. The quantitative estimate of drug-likeness (QED) is 0.527. The maximum absolute atomic E-state index is 12.7. The molecule has 0 bridgehead atoms. The Morgan fingerprint density at radius 2 is 1.88 bits per heavy atom. The van der Waals surface area contributed by atoms with Gasteiger partial charge in [0, 0.05) is 22.8 Å². The number of aromatic nitrogens is 1. The molecule has 1 aliphatic rings. The molecular formula is C23H28N4O4S. The predicted molar refractivity (Wildman–Crippen MR) is 124 cm³/mol. The lowest BCUT2D eigenvalue weighted by Gasteiger charge is -2.35. The van der Waals surface area contributed by atoms with Gasteiger partial charge in [0.25, 0.3) is 0 Å². The Kier molecular flexibility index (Phi) is 6.23. The van der Waals surface area contributed by atoms with E-state index in [1.165, 1.54) is 23.1 Å². The largest absolute Gasteiger partial charge is 0.497 e. The van der Waals surface area contributed by atoms with E-state index in [9.17, 15) is 13.2 Å². The summed E-state index contributed by atoms with van der Waals surface area (Å²) in [7, 11) is -2.08. The summed E-state index contributed by atoms with van der Waals surface area (Å²) in [6, 6.07) is 11.6. The molecule has 1 amide bonds. The topological polar surface area (TPSA) is 118 Å². The molecule has 32 heavy (non-hydrogen) atoms. The average Bonchev–Trinajstić information content (AvgIpc) is 3.21. The minimum Gasteiger partial charge on any atom is -0.497 e. The molecule has 170 valence electrons. The summed E-state index contributed by atoms with van der Waals surface area (Å²) in [5, 5.41) is 9.16. The van der Waals surface area contributed by atoms with Gasteiger partial charge >= 0.3 is 0 Å². The summed E-state index contributed by atoms with van der Waals surface area (Å²) < 4.78 is 28.1. The van der Waals surface area contributed by atoms with Crippen LogP contribution in [0.5, 0.6) is 5.75 Å². The van der Waals surface area contributed by atoms with Crippen molar-refractivity contribution in [2.75, 3.05) is 25.5 Å². The van der Waals surface area contributed by atoms with Crippen LogP contribution in [0.3, 0.4) is 0 Å². The SMILES string of the molecule is COc1ccc2[nH]cc(C3CCN(C(C)C(=O)Nc4ccc(S(N)(=O)=O)cc4)CC3)c2c1. The summed E-state index contributed by atoms with van der Waals surface area (Å²) >= 11 is 0. The predicted octanol–water partition coefficient (Wildman–Crippen LogP) is 3.03. The van der Waals surface area contributed by atoms with Crippen LogP contribution in [0.25, 0.3) is 10.9 Å². The third kappa shape index (κ3) is 4.64. The Morgan fingerprint density at radius 1 is 1.19 bits per heavy atom. The molecule has 0 spiro atoms. The van der Waals surface area contributed by atoms with Crippen LogP contribution in [-0.4, -0.2) is 50.5 Å². The highest BCUT2D eigenvalue weighted by Crippen LogP contribution is 2.35. The molecule has 3 aromatic rings. The monoisotopic (exact) mass is 456 g/mol. The first-order valence-corrected chi connectivity index (χ1v) is 12.1. The van der Waals surface area contributed by atoms with E-state index in [-0.39, 0.29) is 16.8 Å². The van der Waals surface area contributed by atoms with Gasteiger partial charge in [-0.25, -0.2) is 13.6 Å². The second-order valence-electron chi connectivity index (χ2n) is 8.20. The number of ether oxygens (including phenoxy) is 1. The average molecular weight is 457 g/mol. The number of primary sulfonamides is 1. The van der Waals surface area contributed by atoms with E-state index < -0.39 is 10.0 Å². The molecule has 2 heterocycles. The van der Waals surface area contributed by atoms with Crippen LogP contribution in [0.1, 0.15) is 31.2 Å². The highest BCUT2D eigenvalue weighted by Gasteiger charge is 2.28. The second kappa shape index (κ2) is 8.93. The number of hydrogen-bond acceptors (Lipinski definition) is 5. The molecule has 1 aliphatic heterocycles. The van der Waals surface area contributed by atoms with Crippen LogP contribution < -0.4 is 15.2 Å². The third-order valence-corrected chi connectivity index (χ3v) is 7.20. The lowest BCUT2D eigenvalue weighted by Crippen LogP contribution is -2.45. The van der Waals surface area contributed by atoms with Gasteiger partial charge in [-0.1, -0.05) is 0 Å². The van der Waals surface area contributed by atoms with Gasteiger partial charge in [0.2, 0.25) is 15.9 Å². The lowest BCUT2D eigenvalue weighted by molar-refractivity contribution is -0.121. The number of anilines is 1. The minimum atomic E-state index is -3.75. The number of nitrogens with two attached hydrogens (primary N) is 1. The molecule has 1 unspecified atom stereocenters. The van der Waals surface area contributed by atoms with Crippen molar-refractivity contribution in [3.05, 3.63) is 54.2 Å². The number of fused-ring (bicyclic) bond motifs is 1. The molecule has 0 radical (unpaired) electrons. The molecule has 4 N–H and O–H groups in total. The summed E-state index contributed by atoms with van der Waals surface area (Å²) in [6.07, 6.45) is 4.02. The van der Waals surface area contributed by atoms with Gasteiger partial charge in [0.05, 0.1) is 18.0 Å². The number of carbonyl (C=O) groups is 1. The highest BCUT2D eigenvalue weighted by atomic mass is 32.2. The van der Waals surface area contributed by atoms with Gasteiger partial charge in [-0.3, -0.25) is 9.69 Å². The van der Waals surface area contributed by atoms with Gasteiger partial charge in [-0.05, 0) is 86.8 Å². The van der Waals surface area contributed by atoms with Crippen molar-refractivity contribution < 1.29 is 17.9 Å². The number of piperidine rings is 1. The molecule has 4 rings (SSSR count). The molecule has 1 aromatic heterocycles. The Hall–Kier alpha value is -2.88. The van der Waals surface area contributed by atoms with Gasteiger partial charge < -0.3 is 15.0 Å². The molecule has 9 heteroatoms. The van der Waals surface area contributed by atoms with Gasteiger partial charge in [-0.15, -0.1) is 0 Å². The Bertz CT molecular complexity index is 1210. The summed E-state index contributed by atoms with van der Waals surface area (Å²) in [6.45, 7) is 3.53. The number of sulfonamides is 1. The molecule has 1 atom stereocenters. The Morgan fingerprint density at radius 3 is 2.50 bits per heavy atom. The summed E-state index contributed by atoms with van der Waals surface area (Å²) in [4.78, 5) is 18.3. The first-order chi connectivity index (χ1) is 15.3. The van der Waals surface area contributed by atoms with Crippen LogP contribution >= 0.6 is 0 Å². The fourth-order valence-electron chi connectivity index (χ4n) is 4.32. The standard InChI is InChI=1S/C23H28N4O4S/c1-15(23(28)26-17-3-6-19(7-4-17)32(24,29)30)27-11-9-16(10-12-27)21-14-25-22-8-5-18(31-2)13-20(21)22/h3-8,13-16,25H,9-12H2,1-2H3,(H,26,28)(H2,24,29,30). The van der Waals surface area contributed by atoms with E-state index in [1.807, 2.05) is 19.1 Å². The number of amides is 1. The third-order valence-electron chi connectivity index (χ3n) is 6.27. The number of nitrogens with zero attached hydrogens (tertiary/aromatic N) is 1. The van der Waals surface area contributed by atoms with E-state index in [1.54, 1.807) is 19.2 Å². The Labute approximate surface area is 187 Å². The number of likely N-dealkylation sites (tertiary alicyclic amines) is 1. The molecule has 8 nitrogen and oxygen atoms in total. The summed E-state index contributed by atoms with van der Waals surface area (Å²) in [5.74, 6) is 1.15. The van der Waals surface area contributed by atoms with E-state index in [2.05, 4.69) is 27.5 Å². The highest BCUT2D eigenvalue weighted by molar-refractivity contribution is 7.89. The zero-order valence-electron chi connectivity index (χ0n) is 18.2. The van der Waals surface area contributed by atoms with Gasteiger partial charge in [-0.2, -0.15) is 0 Å². The number of H-pyrrole nitrogens is 1. The number of nitrogens with one attached hydrogen (secondary N) is 2. The number of methoxy groups -OCH3 is 1. The fourth-order valence-corrected chi connectivity index (χ4v) is 4.84. The lowest BCUT2D eigenvalue weighted by atomic mass is 9.88. The molecule has 1 fully saturated rings. The number of rotatable bonds is 6. The van der Waals surface area contributed by atoms with E-state index >= 15 is 0 Å². The molecule has 2 aromatic carbocycles. The van der Waals surface area contributed by atoms with E-state index in [4.69, 9.17) is 9.88 Å². The van der Waals surface area contributed by atoms with Crippen LogP contribution in [0.2, 0.25) is 0 Å². The maximum atomic E-state index is 12.7. The van der Waals surface area contributed by atoms with Crippen LogP contribution in [0.4, 0.5) is 5.69 Å². The van der Waals surface area contributed by atoms with Crippen LogP contribution in [0, 0.1) is 0 Å².